The molecule has 0 saturated heterocycles. The van der Waals surface area contributed by atoms with E-state index in [2.05, 4.69) is 4.98 Å². The zero-order chi connectivity index (χ0) is 23.6. The summed E-state index contributed by atoms with van der Waals surface area (Å²) in [6.07, 6.45) is -0.376. The molecule has 5 nitrogen and oxygen atoms in total. The van der Waals surface area contributed by atoms with E-state index in [-0.39, 0.29) is 33.2 Å². The third-order valence-electron chi connectivity index (χ3n) is 4.87. The molecule has 0 aliphatic rings. The van der Waals surface area contributed by atoms with Gasteiger partial charge in [-0.05, 0) is 35.9 Å². The van der Waals surface area contributed by atoms with Crippen molar-refractivity contribution in [3.8, 4) is 0 Å². The van der Waals surface area contributed by atoms with Crippen LogP contribution in [0.2, 0.25) is 0 Å². The minimum atomic E-state index is -3.84. The first-order chi connectivity index (χ1) is 15.7. The minimum Gasteiger partial charge on any atom is -0.284 e. The summed E-state index contributed by atoms with van der Waals surface area (Å²) in [5.41, 5.74) is 0.680. The second-order valence-electron chi connectivity index (χ2n) is 7.22. The highest BCUT2D eigenvalue weighted by molar-refractivity contribution is 7.91. The standard InChI is InChI=1S/C23H17F3N2O3S2/c24-16-6-8-18(9-7-16)33(30,31)11-10-21(29)28(14-15-4-2-1-3-5-15)23-27-22-19(26)12-17(25)13-20(22)32-23/h1-9,12-13H,10-11,14H2. The summed E-state index contributed by atoms with van der Waals surface area (Å²) >= 11 is 0.935. The number of amides is 1. The van der Waals surface area contributed by atoms with Crippen molar-refractivity contribution >= 4 is 42.4 Å². The Kier molecular flexibility index (Phi) is 6.48. The van der Waals surface area contributed by atoms with E-state index >= 15 is 0 Å². The number of benzene rings is 3. The number of halogens is 3. The molecule has 0 unspecified atom stereocenters. The van der Waals surface area contributed by atoms with Crippen LogP contribution >= 0.6 is 11.3 Å². The average Bonchev–Trinajstić information content (AvgIpc) is 3.21. The molecule has 0 atom stereocenters. The molecule has 1 amide bonds. The molecule has 0 aliphatic heterocycles. The first-order valence-corrected chi connectivity index (χ1v) is 12.3. The maximum Gasteiger partial charge on any atom is 0.230 e. The largest absolute Gasteiger partial charge is 0.284 e. The van der Waals surface area contributed by atoms with Crippen LogP contribution in [0, 0.1) is 17.5 Å². The number of hydrogen-bond acceptors (Lipinski definition) is 5. The van der Waals surface area contributed by atoms with Crippen LogP contribution in [0.3, 0.4) is 0 Å². The molecule has 1 heterocycles. The monoisotopic (exact) mass is 490 g/mol. The molecule has 0 N–H and O–H groups in total. The van der Waals surface area contributed by atoms with E-state index in [0.29, 0.717) is 6.07 Å². The van der Waals surface area contributed by atoms with Gasteiger partial charge in [0.1, 0.15) is 17.2 Å². The van der Waals surface area contributed by atoms with Crippen LogP contribution in [0.4, 0.5) is 18.3 Å². The van der Waals surface area contributed by atoms with Crippen molar-refractivity contribution in [3.05, 3.63) is 89.7 Å². The predicted molar refractivity (Wildman–Crippen MR) is 120 cm³/mol. The fourth-order valence-corrected chi connectivity index (χ4v) is 5.46. The molecule has 10 heteroatoms. The highest BCUT2D eigenvalue weighted by atomic mass is 32.2. The van der Waals surface area contributed by atoms with Crippen molar-refractivity contribution in [2.75, 3.05) is 10.7 Å². The number of sulfone groups is 1. The number of thiazole rings is 1. The van der Waals surface area contributed by atoms with Crippen LogP contribution in [0.5, 0.6) is 0 Å². The van der Waals surface area contributed by atoms with Gasteiger partial charge in [-0.2, -0.15) is 0 Å². The Hall–Kier alpha value is -3.24. The summed E-state index contributed by atoms with van der Waals surface area (Å²) in [6.45, 7) is 0.0696. The lowest BCUT2D eigenvalue weighted by Gasteiger charge is -2.20. The molecule has 0 spiro atoms. The van der Waals surface area contributed by atoms with Crippen LogP contribution in [-0.2, 0) is 21.2 Å². The van der Waals surface area contributed by atoms with Gasteiger partial charge in [-0.25, -0.2) is 26.6 Å². The summed E-state index contributed by atoms with van der Waals surface area (Å²) < 4.78 is 66.3. The lowest BCUT2D eigenvalue weighted by molar-refractivity contribution is -0.118. The van der Waals surface area contributed by atoms with Crippen molar-refractivity contribution < 1.29 is 26.4 Å². The lowest BCUT2D eigenvalue weighted by atomic mass is 10.2. The minimum absolute atomic E-state index is 0.0683. The van der Waals surface area contributed by atoms with E-state index < -0.39 is 38.9 Å². The Morgan fingerprint density at radius 3 is 2.33 bits per heavy atom. The van der Waals surface area contributed by atoms with Crippen molar-refractivity contribution in [1.82, 2.24) is 4.98 Å². The van der Waals surface area contributed by atoms with Crippen LogP contribution < -0.4 is 4.90 Å². The summed E-state index contributed by atoms with van der Waals surface area (Å²) in [4.78, 5) is 18.5. The molecule has 0 radical (unpaired) electrons. The average molecular weight is 491 g/mol. The second kappa shape index (κ2) is 9.32. The first-order valence-electron chi connectivity index (χ1n) is 9.81. The van der Waals surface area contributed by atoms with Crippen molar-refractivity contribution in [2.45, 2.75) is 17.9 Å². The van der Waals surface area contributed by atoms with Crippen LogP contribution in [0.15, 0.2) is 71.6 Å². The zero-order valence-electron chi connectivity index (χ0n) is 17.0. The predicted octanol–water partition coefficient (Wildman–Crippen LogP) is 5.11. The van der Waals surface area contributed by atoms with Gasteiger partial charge in [0.2, 0.25) is 5.91 Å². The Morgan fingerprint density at radius 2 is 1.64 bits per heavy atom. The van der Waals surface area contributed by atoms with E-state index in [4.69, 9.17) is 0 Å². The highest BCUT2D eigenvalue weighted by Crippen LogP contribution is 2.32. The topological polar surface area (TPSA) is 67.3 Å². The molecule has 33 heavy (non-hydrogen) atoms. The molecule has 0 aliphatic carbocycles. The smallest absolute Gasteiger partial charge is 0.230 e. The molecule has 1 aromatic heterocycles. The fraction of sp³-hybridized carbons (Fsp3) is 0.130. The van der Waals surface area contributed by atoms with E-state index in [1.165, 1.54) is 4.90 Å². The molecular formula is C23H17F3N2O3S2. The quantitative estimate of drug-likeness (QED) is 0.338. The van der Waals surface area contributed by atoms with Crippen molar-refractivity contribution in [1.29, 1.82) is 0 Å². The summed E-state index contributed by atoms with van der Waals surface area (Å²) in [6, 6.07) is 15.1. The molecule has 3 aromatic carbocycles. The Labute approximate surface area is 192 Å². The lowest BCUT2D eigenvalue weighted by Crippen LogP contribution is -2.31. The molecule has 0 saturated carbocycles. The summed E-state index contributed by atoms with van der Waals surface area (Å²) in [5.74, 6) is -3.24. The summed E-state index contributed by atoms with van der Waals surface area (Å²) in [5, 5.41) is 0.127. The van der Waals surface area contributed by atoms with Crippen LogP contribution in [-0.4, -0.2) is 25.1 Å². The summed E-state index contributed by atoms with van der Waals surface area (Å²) in [7, 11) is -3.84. The molecular weight excluding hydrogens is 473 g/mol. The first kappa shape index (κ1) is 22.9. The zero-order valence-corrected chi connectivity index (χ0v) is 18.7. The van der Waals surface area contributed by atoms with Gasteiger partial charge in [0.05, 0.1) is 21.9 Å². The normalized spacial score (nSPS) is 11.6. The third-order valence-corrected chi connectivity index (χ3v) is 7.63. The highest BCUT2D eigenvalue weighted by Gasteiger charge is 2.24. The number of fused-ring (bicyclic) bond motifs is 1. The van der Waals surface area contributed by atoms with Crippen LogP contribution in [0.1, 0.15) is 12.0 Å². The number of carbonyl (C=O) groups excluding carboxylic acids is 1. The molecule has 4 rings (SSSR count). The Morgan fingerprint density at radius 1 is 0.939 bits per heavy atom. The van der Waals surface area contributed by atoms with Crippen molar-refractivity contribution in [3.63, 3.8) is 0 Å². The fourth-order valence-electron chi connectivity index (χ4n) is 3.21. The number of nitrogens with zero attached hydrogens (tertiary/aromatic N) is 2. The molecule has 0 fully saturated rings. The van der Waals surface area contributed by atoms with Crippen molar-refractivity contribution in [2.24, 2.45) is 0 Å². The van der Waals surface area contributed by atoms with E-state index in [1.807, 2.05) is 0 Å². The second-order valence-corrected chi connectivity index (χ2v) is 10.3. The van der Waals surface area contributed by atoms with Gasteiger partial charge < -0.3 is 0 Å². The van der Waals surface area contributed by atoms with Gasteiger partial charge in [0.25, 0.3) is 0 Å². The van der Waals surface area contributed by atoms with Gasteiger partial charge in [-0.15, -0.1) is 0 Å². The van der Waals surface area contributed by atoms with Gasteiger partial charge >= 0.3 is 0 Å². The number of carbonyl (C=O) groups is 1. The Balaban J connectivity index is 1.62. The maximum atomic E-state index is 14.2. The SMILES string of the molecule is O=C(CCS(=O)(=O)c1ccc(F)cc1)N(Cc1ccccc1)c1nc2c(F)cc(F)cc2s1. The molecule has 0 bridgehead atoms. The van der Waals surface area contributed by atoms with Gasteiger partial charge in [0, 0.05) is 12.5 Å². The van der Waals surface area contributed by atoms with E-state index in [9.17, 15) is 26.4 Å². The number of hydrogen-bond donors (Lipinski definition) is 0. The van der Waals surface area contributed by atoms with Crippen LogP contribution in [0.25, 0.3) is 10.2 Å². The molecule has 4 aromatic rings. The van der Waals surface area contributed by atoms with Gasteiger partial charge in [0.15, 0.2) is 20.8 Å². The van der Waals surface area contributed by atoms with E-state index in [0.717, 1.165) is 47.2 Å². The van der Waals surface area contributed by atoms with Gasteiger partial charge in [-0.1, -0.05) is 41.7 Å². The van der Waals surface area contributed by atoms with Gasteiger partial charge in [-0.3, -0.25) is 9.69 Å². The van der Waals surface area contributed by atoms with E-state index in [1.54, 1.807) is 30.3 Å². The Bertz CT molecular complexity index is 1410. The maximum absolute atomic E-state index is 14.2. The number of anilines is 1. The number of rotatable bonds is 7. The molecule has 170 valence electrons. The number of aromatic nitrogens is 1. The third kappa shape index (κ3) is 5.23.